The number of benzene rings is 1. The molecule has 1 aliphatic rings. The minimum absolute atomic E-state index is 0.121. The fourth-order valence-electron chi connectivity index (χ4n) is 3.73. The molecule has 1 fully saturated rings. The zero-order valence-corrected chi connectivity index (χ0v) is 19.3. The maximum atomic E-state index is 12.7. The van der Waals surface area contributed by atoms with Crippen molar-refractivity contribution >= 4 is 33.7 Å². The average Bonchev–Trinajstić information content (AvgIpc) is 2.76. The Morgan fingerprint density at radius 2 is 1.83 bits per heavy atom. The Kier molecular flexibility index (Phi) is 7.60. The van der Waals surface area contributed by atoms with Gasteiger partial charge < -0.3 is 24.4 Å². The molecule has 2 N–H and O–H groups in total. The Morgan fingerprint density at radius 3 is 2.43 bits per heavy atom. The fourth-order valence-corrected chi connectivity index (χ4v) is 5.59. The van der Waals surface area contributed by atoms with Crippen molar-refractivity contribution in [2.45, 2.75) is 26.8 Å². The Morgan fingerprint density at radius 1 is 1.17 bits per heavy atom. The predicted molar refractivity (Wildman–Crippen MR) is 124 cm³/mol. The Labute approximate surface area is 181 Å². The van der Waals surface area contributed by atoms with E-state index in [1.165, 1.54) is 0 Å². The van der Waals surface area contributed by atoms with E-state index in [9.17, 15) is 4.79 Å². The number of methoxy groups -OCH3 is 2. The fraction of sp³-hybridized carbons (Fsp3) is 0.571. The molecule has 1 aromatic carbocycles. The molecule has 1 aliphatic heterocycles. The van der Waals surface area contributed by atoms with E-state index in [4.69, 9.17) is 9.47 Å². The number of hydrogen-bond acceptors (Lipinski definition) is 7. The molecule has 2 aromatic rings. The Balaban J connectivity index is 1.70. The van der Waals surface area contributed by atoms with Crippen molar-refractivity contribution < 1.29 is 14.3 Å². The van der Waals surface area contributed by atoms with Gasteiger partial charge in [-0.2, -0.15) is 11.1 Å². The van der Waals surface area contributed by atoms with Gasteiger partial charge >= 0.3 is 0 Å². The van der Waals surface area contributed by atoms with Crippen LogP contribution in [0.1, 0.15) is 20.8 Å². The first-order valence-corrected chi connectivity index (χ1v) is 12.1. The molecule has 1 amide bonds. The number of nitrogens with zero attached hydrogens (tertiary/aromatic N) is 3. The van der Waals surface area contributed by atoms with E-state index in [-0.39, 0.29) is 17.9 Å². The summed E-state index contributed by atoms with van der Waals surface area (Å²) in [5.41, 5.74) is 0.823. The van der Waals surface area contributed by atoms with Crippen LogP contribution in [0.25, 0.3) is 10.9 Å². The minimum atomic E-state index is -0.526. The lowest BCUT2D eigenvalue weighted by molar-refractivity contribution is -0.122. The first kappa shape index (κ1) is 22.4. The van der Waals surface area contributed by atoms with Gasteiger partial charge in [0.15, 0.2) is 11.5 Å². The van der Waals surface area contributed by atoms with Crippen LogP contribution in [-0.2, 0) is 4.79 Å². The summed E-state index contributed by atoms with van der Waals surface area (Å²) >= 11 is -0.526. The first-order valence-electron chi connectivity index (χ1n) is 10.4. The van der Waals surface area contributed by atoms with Gasteiger partial charge in [0.1, 0.15) is 12.1 Å². The van der Waals surface area contributed by atoms with Gasteiger partial charge in [0.2, 0.25) is 5.91 Å². The van der Waals surface area contributed by atoms with E-state index in [0.717, 1.165) is 47.9 Å². The van der Waals surface area contributed by atoms with E-state index >= 15 is 0 Å². The Bertz CT molecular complexity index is 871. The van der Waals surface area contributed by atoms with E-state index in [1.807, 2.05) is 19.1 Å². The number of carbonyl (C=O) groups excluding carboxylic acids is 1. The molecule has 1 atom stereocenters. The Hall–Kier alpha value is -2.26. The SMILES string of the molecule is CCN[C@H](C(=O)N[SH]1CCN(c2ncnc3cc(OC)c(OC)cc23)CC1)C(C)C. The second kappa shape index (κ2) is 10.2. The van der Waals surface area contributed by atoms with Crippen LogP contribution in [0.4, 0.5) is 5.82 Å². The van der Waals surface area contributed by atoms with Gasteiger partial charge in [0.05, 0.1) is 25.8 Å². The highest BCUT2D eigenvalue weighted by Crippen LogP contribution is 2.36. The lowest BCUT2D eigenvalue weighted by Crippen LogP contribution is -2.48. The largest absolute Gasteiger partial charge is 0.493 e. The van der Waals surface area contributed by atoms with Gasteiger partial charge in [-0.25, -0.2) is 9.97 Å². The second-order valence-corrected chi connectivity index (χ2v) is 9.85. The number of carbonyl (C=O) groups is 1. The van der Waals surface area contributed by atoms with Crippen molar-refractivity contribution in [1.29, 1.82) is 0 Å². The number of thiol groups is 1. The third-order valence-corrected chi connectivity index (χ3v) is 7.36. The van der Waals surface area contributed by atoms with Crippen LogP contribution in [-0.4, -0.2) is 67.3 Å². The lowest BCUT2D eigenvalue weighted by Gasteiger charge is -2.36. The standard InChI is InChI=1S/C21H33N5O3S/c1-6-22-19(14(2)3)21(27)25-30-9-7-26(8-10-30)20-15-11-17(28-4)18(29-5)12-16(15)23-13-24-20/h11-14,19,22,30H,6-10H2,1-5H3,(H,25,27)/t19-/m0/s1. The summed E-state index contributed by atoms with van der Waals surface area (Å²) < 4.78 is 14.1. The van der Waals surface area contributed by atoms with E-state index in [0.29, 0.717) is 11.5 Å². The minimum Gasteiger partial charge on any atom is -0.493 e. The van der Waals surface area contributed by atoms with Gasteiger partial charge in [0.25, 0.3) is 0 Å². The summed E-state index contributed by atoms with van der Waals surface area (Å²) in [5.74, 6) is 4.48. The van der Waals surface area contributed by atoms with Crippen LogP contribution >= 0.6 is 11.1 Å². The number of fused-ring (bicyclic) bond motifs is 1. The molecular formula is C21H33N5O3S. The highest BCUT2D eigenvalue weighted by atomic mass is 32.2. The van der Waals surface area contributed by atoms with Crippen molar-refractivity contribution in [2.75, 3.05) is 50.3 Å². The van der Waals surface area contributed by atoms with Gasteiger partial charge in [-0.1, -0.05) is 20.8 Å². The summed E-state index contributed by atoms with van der Waals surface area (Å²) in [6.07, 6.45) is 1.59. The van der Waals surface area contributed by atoms with Crippen LogP contribution in [0.5, 0.6) is 11.5 Å². The number of rotatable bonds is 8. The van der Waals surface area contributed by atoms with Crippen LogP contribution in [0, 0.1) is 5.92 Å². The van der Waals surface area contributed by atoms with Crippen LogP contribution in [0.2, 0.25) is 0 Å². The number of ether oxygens (including phenoxy) is 2. The summed E-state index contributed by atoms with van der Waals surface area (Å²) in [4.78, 5) is 23.9. The van der Waals surface area contributed by atoms with Crippen molar-refractivity contribution in [1.82, 2.24) is 20.0 Å². The van der Waals surface area contributed by atoms with Crippen molar-refractivity contribution in [3.8, 4) is 11.5 Å². The number of amides is 1. The van der Waals surface area contributed by atoms with Crippen molar-refractivity contribution in [3.05, 3.63) is 18.5 Å². The predicted octanol–water partition coefficient (Wildman–Crippen LogP) is 2.13. The topological polar surface area (TPSA) is 88.6 Å². The third kappa shape index (κ3) is 4.89. The second-order valence-electron chi connectivity index (χ2n) is 7.65. The zero-order chi connectivity index (χ0) is 21.7. The molecule has 0 spiro atoms. The van der Waals surface area contributed by atoms with E-state index in [1.54, 1.807) is 20.5 Å². The molecular weight excluding hydrogens is 402 g/mol. The van der Waals surface area contributed by atoms with Gasteiger partial charge in [0, 0.05) is 36.0 Å². The maximum absolute atomic E-state index is 12.7. The molecule has 9 heteroatoms. The quantitative estimate of drug-likeness (QED) is 0.548. The number of aromatic nitrogens is 2. The maximum Gasteiger partial charge on any atom is 0.245 e. The molecule has 0 bridgehead atoms. The molecule has 1 aromatic heterocycles. The number of anilines is 1. The molecule has 166 valence electrons. The molecule has 0 saturated carbocycles. The monoisotopic (exact) mass is 435 g/mol. The molecule has 8 nitrogen and oxygen atoms in total. The van der Waals surface area contributed by atoms with Crippen molar-refractivity contribution in [3.63, 3.8) is 0 Å². The van der Waals surface area contributed by atoms with Crippen LogP contribution < -0.4 is 24.4 Å². The molecule has 0 aliphatic carbocycles. The lowest BCUT2D eigenvalue weighted by atomic mass is 10.0. The van der Waals surface area contributed by atoms with Crippen LogP contribution in [0.3, 0.4) is 0 Å². The summed E-state index contributed by atoms with van der Waals surface area (Å²) in [6, 6.07) is 3.68. The zero-order valence-electron chi connectivity index (χ0n) is 18.4. The smallest absolute Gasteiger partial charge is 0.245 e. The normalized spacial score (nSPS) is 16.6. The molecule has 3 rings (SSSR count). The first-order chi connectivity index (χ1) is 14.5. The van der Waals surface area contributed by atoms with Crippen LogP contribution in [0.15, 0.2) is 18.5 Å². The molecule has 0 unspecified atom stereocenters. The number of nitrogens with one attached hydrogen (secondary N) is 2. The number of likely N-dealkylation sites (N-methyl/N-ethyl adjacent to an activating group) is 1. The average molecular weight is 436 g/mol. The molecule has 1 saturated heterocycles. The van der Waals surface area contributed by atoms with Crippen molar-refractivity contribution in [2.24, 2.45) is 5.92 Å². The molecule has 0 radical (unpaired) electrons. The van der Waals surface area contributed by atoms with E-state index in [2.05, 4.69) is 38.8 Å². The summed E-state index contributed by atoms with van der Waals surface area (Å²) in [5, 5.41) is 4.24. The third-order valence-electron chi connectivity index (χ3n) is 5.34. The van der Waals surface area contributed by atoms with Gasteiger partial charge in [-0.05, 0) is 18.5 Å². The van der Waals surface area contributed by atoms with Gasteiger partial charge in [-0.3, -0.25) is 4.79 Å². The summed E-state index contributed by atoms with van der Waals surface area (Å²) in [7, 11) is 3.24. The van der Waals surface area contributed by atoms with Gasteiger partial charge in [-0.15, -0.1) is 0 Å². The highest BCUT2D eigenvalue weighted by Gasteiger charge is 2.25. The number of hydrogen-bond donors (Lipinski definition) is 3. The molecule has 30 heavy (non-hydrogen) atoms. The molecule has 2 heterocycles. The summed E-state index contributed by atoms with van der Waals surface area (Å²) in [6.45, 7) is 8.67. The highest BCUT2D eigenvalue weighted by molar-refractivity contribution is 8.15. The van der Waals surface area contributed by atoms with E-state index < -0.39 is 11.1 Å².